The van der Waals surface area contributed by atoms with Crippen molar-refractivity contribution in [1.29, 1.82) is 0 Å². The van der Waals surface area contributed by atoms with Gasteiger partial charge in [-0.25, -0.2) is 4.98 Å². The molecule has 0 saturated heterocycles. The second-order valence-electron chi connectivity index (χ2n) is 4.69. The van der Waals surface area contributed by atoms with Crippen LogP contribution in [0.1, 0.15) is 31.6 Å². The fourth-order valence-electron chi connectivity index (χ4n) is 1.93. The summed E-state index contributed by atoms with van der Waals surface area (Å²) in [5.74, 6) is -2.09. The summed E-state index contributed by atoms with van der Waals surface area (Å²) in [4.78, 5) is 26.3. The lowest BCUT2D eigenvalue weighted by molar-refractivity contribution is -0.136. The number of aromatic hydroxyl groups is 1. The Bertz CT molecular complexity index is 839. The molecule has 0 spiro atoms. The molecule has 0 radical (unpaired) electrons. The number of halogens is 1. The highest BCUT2D eigenvalue weighted by molar-refractivity contribution is 6.30. The van der Waals surface area contributed by atoms with E-state index >= 15 is 0 Å². The van der Waals surface area contributed by atoms with E-state index in [2.05, 4.69) is 4.98 Å². The van der Waals surface area contributed by atoms with E-state index in [9.17, 15) is 14.7 Å². The minimum absolute atomic E-state index is 0.0169. The van der Waals surface area contributed by atoms with E-state index in [0.29, 0.717) is 16.7 Å². The van der Waals surface area contributed by atoms with Gasteiger partial charge in [0.1, 0.15) is 11.4 Å². The van der Waals surface area contributed by atoms with Gasteiger partial charge in [0.2, 0.25) is 0 Å². The number of hydrogen-bond acceptors (Lipinski definition) is 4. The summed E-state index contributed by atoms with van der Waals surface area (Å²) in [6.07, 6.45) is 0.698. The molecule has 0 atom stereocenters. The molecule has 5 nitrogen and oxygen atoms in total. The van der Waals surface area contributed by atoms with Crippen molar-refractivity contribution in [3.8, 4) is 16.9 Å². The quantitative estimate of drug-likeness (QED) is 0.823. The molecule has 0 aliphatic heterocycles. The summed E-state index contributed by atoms with van der Waals surface area (Å²) in [5, 5.41) is 18.6. The third kappa shape index (κ3) is 3.62. The minimum atomic E-state index is -1.11. The predicted molar refractivity (Wildman–Crippen MR) is 82.3 cm³/mol. The van der Waals surface area contributed by atoms with Crippen LogP contribution < -0.4 is 0 Å². The lowest BCUT2D eigenvalue weighted by Gasteiger charge is -2.09. The number of pyridine rings is 1. The van der Waals surface area contributed by atoms with E-state index in [1.165, 1.54) is 18.3 Å². The molecule has 0 fully saturated rings. The first kappa shape index (κ1) is 13.3. The Labute approximate surface area is 135 Å². The Morgan fingerprint density at radius 2 is 2.14 bits per heavy atom. The molecule has 1 aromatic carbocycles. The summed E-state index contributed by atoms with van der Waals surface area (Å²) in [6, 6.07) is 2.74. The van der Waals surface area contributed by atoms with Crippen LogP contribution in [0.5, 0.6) is 5.75 Å². The maximum absolute atomic E-state index is 11.9. The van der Waals surface area contributed by atoms with Gasteiger partial charge in [-0.3, -0.25) is 9.59 Å². The van der Waals surface area contributed by atoms with E-state index in [1.807, 2.05) is 0 Å². The average molecular weight is 322 g/mol. The third-order valence-electron chi connectivity index (χ3n) is 3.03. The second-order valence-corrected chi connectivity index (χ2v) is 5.07. The molecular formula is C16H14ClNO4. The minimum Gasteiger partial charge on any atom is -0.506 e. The molecule has 2 N–H and O–H groups in total. The van der Waals surface area contributed by atoms with Gasteiger partial charge in [0, 0.05) is 23.2 Å². The smallest absolute Gasteiger partial charge is 0.303 e. The van der Waals surface area contributed by atoms with E-state index in [4.69, 9.17) is 19.4 Å². The first-order valence-corrected chi connectivity index (χ1v) is 6.80. The highest BCUT2D eigenvalue weighted by Crippen LogP contribution is 2.29. The molecule has 114 valence electrons. The summed E-state index contributed by atoms with van der Waals surface area (Å²) >= 11 is 5.93. The van der Waals surface area contributed by atoms with Crippen LogP contribution in [0.4, 0.5) is 0 Å². The number of aryl methyl sites for hydroxylation is 1. The maximum Gasteiger partial charge on any atom is 0.303 e. The Hall–Kier alpha value is -2.40. The number of Topliss-reactive ketones (excluding diaryl/α,β-unsaturated/α-hetero) is 1. The number of carbonyl (C=O) groups is 2. The molecule has 0 saturated carbocycles. The van der Waals surface area contributed by atoms with Gasteiger partial charge < -0.3 is 10.2 Å². The molecule has 22 heavy (non-hydrogen) atoms. The number of hydrogen-bond donors (Lipinski definition) is 2. The van der Waals surface area contributed by atoms with E-state index in [-0.39, 0.29) is 35.6 Å². The molecule has 0 amide bonds. The maximum atomic E-state index is 11.9. The Kier molecular flexibility index (Phi) is 3.97. The van der Waals surface area contributed by atoms with Crippen LogP contribution in [0.25, 0.3) is 11.1 Å². The van der Waals surface area contributed by atoms with Gasteiger partial charge in [-0.2, -0.15) is 0 Å². The molecule has 2 aromatic rings. The van der Waals surface area contributed by atoms with Crippen molar-refractivity contribution in [3.05, 3.63) is 46.7 Å². The zero-order chi connectivity index (χ0) is 18.0. The van der Waals surface area contributed by atoms with Crippen LogP contribution >= 0.6 is 11.6 Å². The lowest BCUT2D eigenvalue weighted by Crippen LogP contribution is -2.06. The Morgan fingerprint density at radius 3 is 2.77 bits per heavy atom. The number of carbonyl (C=O) groups excluding carboxylic acids is 1. The van der Waals surface area contributed by atoms with Crippen molar-refractivity contribution >= 4 is 23.4 Å². The fraction of sp³-hybridized carbons (Fsp3) is 0.188. The summed E-state index contributed by atoms with van der Waals surface area (Å²) in [7, 11) is 0. The number of benzene rings is 1. The molecule has 0 aliphatic rings. The van der Waals surface area contributed by atoms with Crippen molar-refractivity contribution in [2.24, 2.45) is 0 Å². The molecule has 1 heterocycles. The number of ketones is 1. The fourth-order valence-corrected chi connectivity index (χ4v) is 2.08. The Morgan fingerprint density at radius 1 is 1.41 bits per heavy atom. The molecular weight excluding hydrogens is 306 g/mol. The van der Waals surface area contributed by atoms with Gasteiger partial charge in [-0.1, -0.05) is 17.7 Å². The van der Waals surface area contributed by atoms with Gasteiger partial charge in [0.05, 0.1) is 9.16 Å². The lowest BCUT2D eigenvalue weighted by atomic mass is 10.0. The van der Waals surface area contributed by atoms with Crippen molar-refractivity contribution < 1.29 is 22.5 Å². The molecule has 1 aromatic heterocycles. The molecule has 2 rings (SSSR count). The number of carboxylic acid groups (broad SMARTS) is 1. The van der Waals surface area contributed by atoms with E-state index in [1.54, 1.807) is 6.92 Å². The third-order valence-corrected chi connectivity index (χ3v) is 3.23. The average Bonchev–Trinajstić information content (AvgIpc) is 2.50. The van der Waals surface area contributed by atoms with Crippen LogP contribution in [-0.2, 0) is 4.79 Å². The Balaban J connectivity index is 2.42. The number of nitrogens with zero attached hydrogens (tertiary/aromatic N) is 1. The van der Waals surface area contributed by atoms with Gasteiger partial charge in [0.25, 0.3) is 0 Å². The zero-order valence-electron chi connectivity index (χ0n) is 13.7. The summed E-state index contributed by atoms with van der Waals surface area (Å²) in [6.45, 7) is 1.70. The monoisotopic (exact) mass is 321 g/mol. The van der Waals surface area contributed by atoms with Gasteiger partial charge in [-0.15, -0.1) is 0 Å². The number of aromatic nitrogens is 1. The van der Waals surface area contributed by atoms with Gasteiger partial charge in [-0.05, 0) is 36.2 Å². The van der Waals surface area contributed by atoms with Crippen LogP contribution in [0.2, 0.25) is 5.02 Å². The van der Waals surface area contributed by atoms with Crippen LogP contribution in [-0.4, -0.2) is 26.9 Å². The second kappa shape index (κ2) is 6.58. The van der Waals surface area contributed by atoms with Gasteiger partial charge in [0.15, 0.2) is 5.78 Å². The number of carboxylic acids is 1. The SMILES string of the molecule is [2H]c1cc(C)c(-c2cnc(C(=O)CCC(=O)O)c(O)c2)c([2H])c1Cl. The van der Waals surface area contributed by atoms with Crippen LogP contribution in [0, 0.1) is 6.92 Å². The highest BCUT2D eigenvalue weighted by Gasteiger charge is 2.16. The zero-order valence-corrected chi connectivity index (χ0v) is 12.4. The molecule has 6 heteroatoms. The first-order valence-electron chi connectivity index (χ1n) is 7.43. The van der Waals surface area contributed by atoms with Crippen molar-refractivity contribution in [2.75, 3.05) is 0 Å². The molecule has 0 aliphatic carbocycles. The molecule has 0 bridgehead atoms. The largest absolute Gasteiger partial charge is 0.506 e. The molecule has 0 unspecified atom stereocenters. The highest BCUT2D eigenvalue weighted by atomic mass is 35.5. The van der Waals surface area contributed by atoms with Gasteiger partial charge >= 0.3 is 5.97 Å². The van der Waals surface area contributed by atoms with Crippen molar-refractivity contribution in [2.45, 2.75) is 19.8 Å². The summed E-state index contributed by atoms with van der Waals surface area (Å²) in [5.41, 5.74) is 1.18. The summed E-state index contributed by atoms with van der Waals surface area (Å²) < 4.78 is 15.7. The van der Waals surface area contributed by atoms with Crippen molar-refractivity contribution in [3.63, 3.8) is 0 Å². The predicted octanol–water partition coefficient (Wildman–Crippen LogP) is 3.46. The number of rotatable bonds is 5. The first-order chi connectivity index (χ1) is 11.2. The van der Waals surface area contributed by atoms with Crippen LogP contribution in [0.15, 0.2) is 30.4 Å². The topological polar surface area (TPSA) is 87.5 Å². The van der Waals surface area contributed by atoms with Crippen molar-refractivity contribution in [1.82, 2.24) is 4.98 Å². The van der Waals surface area contributed by atoms with E-state index in [0.717, 1.165) is 0 Å². The standard InChI is InChI=1S/C16H14ClNO4/c1-9-2-3-11(17)7-12(9)10-6-14(20)16(18-8-10)13(19)4-5-15(21)22/h2-3,6-8,20H,4-5H2,1H3,(H,21,22)/i3D,7D. The number of aliphatic carboxylic acids is 1. The van der Waals surface area contributed by atoms with E-state index < -0.39 is 17.5 Å². The normalized spacial score (nSPS) is 11.7. The van der Waals surface area contributed by atoms with Crippen LogP contribution in [0.3, 0.4) is 0 Å².